The lowest BCUT2D eigenvalue weighted by Crippen LogP contribution is -2.58. The zero-order chi connectivity index (χ0) is 24.2. The van der Waals surface area contributed by atoms with Gasteiger partial charge < -0.3 is 15.0 Å². The number of imidazole rings is 1. The molecule has 2 fully saturated rings. The molecule has 4 aromatic rings. The summed E-state index contributed by atoms with van der Waals surface area (Å²) in [6, 6.07) is 9.75. The van der Waals surface area contributed by atoms with Crippen molar-refractivity contribution in [1.82, 2.24) is 14.4 Å². The fourth-order valence-electron chi connectivity index (χ4n) is 5.38. The van der Waals surface area contributed by atoms with Gasteiger partial charge in [-0.1, -0.05) is 18.2 Å². The SMILES string of the molecule is C[C@@H](Nc1nc2nccn2c2ccc(N3CC4(CCOCC4)C3)cc12)c1cccc(C(F)F)c1F. The number of halogens is 3. The van der Waals surface area contributed by atoms with Crippen molar-refractivity contribution in [2.45, 2.75) is 32.2 Å². The number of hydrogen-bond acceptors (Lipinski definition) is 5. The van der Waals surface area contributed by atoms with Crippen molar-refractivity contribution in [3.63, 3.8) is 0 Å². The molecule has 0 amide bonds. The molecule has 0 bridgehead atoms. The van der Waals surface area contributed by atoms with E-state index in [-0.39, 0.29) is 5.56 Å². The highest BCUT2D eigenvalue weighted by Crippen LogP contribution is 2.43. The highest BCUT2D eigenvalue weighted by Gasteiger charge is 2.43. The van der Waals surface area contributed by atoms with Crippen LogP contribution in [0.15, 0.2) is 48.8 Å². The maximum absolute atomic E-state index is 14.8. The largest absolute Gasteiger partial charge is 0.381 e. The molecule has 6 nitrogen and oxygen atoms in total. The van der Waals surface area contributed by atoms with Gasteiger partial charge >= 0.3 is 0 Å². The van der Waals surface area contributed by atoms with Crippen LogP contribution in [-0.4, -0.2) is 40.7 Å². The Labute approximate surface area is 200 Å². The molecule has 0 saturated carbocycles. The molecule has 2 aliphatic rings. The van der Waals surface area contributed by atoms with E-state index < -0.39 is 23.8 Å². The second-order valence-corrected chi connectivity index (χ2v) is 9.64. The van der Waals surface area contributed by atoms with Gasteiger partial charge in [-0.3, -0.25) is 4.40 Å². The van der Waals surface area contributed by atoms with Crippen molar-refractivity contribution in [3.8, 4) is 0 Å². The molecule has 0 aliphatic carbocycles. The molecule has 1 spiro atoms. The summed E-state index contributed by atoms with van der Waals surface area (Å²) in [6.07, 6.45) is 2.83. The van der Waals surface area contributed by atoms with Gasteiger partial charge in [-0.05, 0) is 38.0 Å². The smallest absolute Gasteiger partial charge is 0.266 e. The van der Waals surface area contributed by atoms with Crippen molar-refractivity contribution in [2.75, 3.05) is 36.5 Å². The zero-order valence-corrected chi connectivity index (χ0v) is 19.3. The van der Waals surface area contributed by atoms with Gasteiger partial charge in [0.05, 0.1) is 17.1 Å². The summed E-state index contributed by atoms with van der Waals surface area (Å²) >= 11 is 0. The number of nitrogens with one attached hydrogen (secondary N) is 1. The van der Waals surface area contributed by atoms with Crippen molar-refractivity contribution < 1.29 is 17.9 Å². The fourth-order valence-corrected chi connectivity index (χ4v) is 5.38. The zero-order valence-electron chi connectivity index (χ0n) is 19.3. The van der Waals surface area contributed by atoms with Crippen LogP contribution >= 0.6 is 0 Å². The summed E-state index contributed by atoms with van der Waals surface area (Å²) < 4.78 is 48.7. The van der Waals surface area contributed by atoms with Gasteiger partial charge in [0.15, 0.2) is 0 Å². The summed E-state index contributed by atoms with van der Waals surface area (Å²) in [5, 5.41) is 4.12. The number of anilines is 2. The van der Waals surface area contributed by atoms with Crippen LogP contribution < -0.4 is 10.2 Å². The third-order valence-corrected chi connectivity index (χ3v) is 7.41. The number of hydrogen-bond donors (Lipinski definition) is 1. The normalized spacial score (nSPS) is 18.4. The molecule has 2 aromatic heterocycles. The van der Waals surface area contributed by atoms with Crippen molar-refractivity contribution in [3.05, 3.63) is 65.7 Å². The van der Waals surface area contributed by atoms with E-state index >= 15 is 0 Å². The van der Waals surface area contributed by atoms with Gasteiger partial charge in [0, 0.05) is 60.7 Å². The van der Waals surface area contributed by atoms with Crippen LogP contribution in [0.4, 0.5) is 24.7 Å². The Bertz CT molecular complexity index is 1390. The van der Waals surface area contributed by atoms with Gasteiger partial charge in [0.1, 0.15) is 11.6 Å². The van der Waals surface area contributed by atoms with Crippen LogP contribution in [0.5, 0.6) is 0 Å². The highest BCUT2D eigenvalue weighted by atomic mass is 19.3. The van der Waals surface area contributed by atoms with Crippen LogP contribution in [0.2, 0.25) is 0 Å². The van der Waals surface area contributed by atoms with Crippen molar-refractivity contribution >= 4 is 28.2 Å². The summed E-state index contributed by atoms with van der Waals surface area (Å²) in [6.45, 7) is 5.37. The Morgan fingerprint density at radius 3 is 2.63 bits per heavy atom. The molecule has 2 saturated heterocycles. The van der Waals surface area contributed by atoms with Crippen LogP contribution in [-0.2, 0) is 4.74 Å². The molecule has 182 valence electrons. The van der Waals surface area contributed by atoms with E-state index in [1.165, 1.54) is 12.1 Å². The van der Waals surface area contributed by atoms with Gasteiger partial charge in [-0.15, -0.1) is 0 Å². The van der Waals surface area contributed by atoms with E-state index in [2.05, 4.69) is 32.3 Å². The van der Waals surface area contributed by atoms with Gasteiger partial charge in [0.2, 0.25) is 5.78 Å². The highest BCUT2D eigenvalue weighted by molar-refractivity contribution is 5.94. The van der Waals surface area contributed by atoms with Crippen LogP contribution in [0.1, 0.15) is 43.4 Å². The monoisotopic (exact) mass is 481 g/mol. The number of benzene rings is 2. The maximum Gasteiger partial charge on any atom is 0.266 e. The standard InChI is InChI=1S/C26H26F3N5O/c1-16(18-3-2-4-19(22(18)27)23(28)29)31-24-20-13-17(33-14-26(15-33)7-11-35-12-8-26)5-6-21(20)34-10-9-30-25(34)32-24/h2-6,9-10,13,16,23H,7-8,11-12,14-15H2,1H3,(H,30,31,32)/t16-/m1/s1. The number of rotatable bonds is 5. The third-order valence-electron chi connectivity index (χ3n) is 7.41. The van der Waals surface area contributed by atoms with Crippen molar-refractivity contribution in [1.29, 1.82) is 0 Å². The predicted molar refractivity (Wildman–Crippen MR) is 129 cm³/mol. The number of ether oxygens (including phenoxy) is 1. The second kappa shape index (κ2) is 8.41. The Hall–Kier alpha value is -3.33. The Kier molecular flexibility index (Phi) is 5.32. The lowest BCUT2D eigenvalue weighted by molar-refractivity contribution is -0.000184. The number of aromatic nitrogens is 3. The third kappa shape index (κ3) is 3.78. The van der Waals surface area contributed by atoms with E-state index in [1.54, 1.807) is 13.1 Å². The molecule has 1 atom stereocenters. The Morgan fingerprint density at radius 2 is 1.86 bits per heavy atom. The molecule has 0 unspecified atom stereocenters. The molecule has 6 rings (SSSR count). The summed E-state index contributed by atoms with van der Waals surface area (Å²) in [5.74, 6) is 0.153. The number of nitrogens with zero attached hydrogens (tertiary/aromatic N) is 4. The number of alkyl halides is 2. The molecular formula is C26H26F3N5O. The topological polar surface area (TPSA) is 54.7 Å². The lowest BCUT2D eigenvalue weighted by Gasteiger charge is -2.53. The molecule has 2 aliphatic heterocycles. The molecule has 2 aromatic carbocycles. The van der Waals surface area contributed by atoms with E-state index in [0.29, 0.717) is 17.0 Å². The van der Waals surface area contributed by atoms with E-state index in [9.17, 15) is 13.2 Å². The summed E-state index contributed by atoms with van der Waals surface area (Å²) in [7, 11) is 0. The van der Waals surface area contributed by atoms with E-state index in [4.69, 9.17) is 4.74 Å². The van der Waals surface area contributed by atoms with E-state index in [1.807, 2.05) is 16.7 Å². The average molecular weight is 482 g/mol. The predicted octanol–water partition coefficient (Wildman–Crippen LogP) is 5.75. The molecule has 4 heterocycles. The van der Waals surface area contributed by atoms with E-state index in [0.717, 1.165) is 61.8 Å². The first-order valence-corrected chi connectivity index (χ1v) is 11.9. The minimum Gasteiger partial charge on any atom is -0.381 e. The first-order valence-electron chi connectivity index (χ1n) is 11.9. The minimum absolute atomic E-state index is 0.168. The quantitative estimate of drug-likeness (QED) is 0.394. The second-order valence-electron chi connectivity index (χ2n) is 9.64. The fraction of sp³-hybridized carbons (Fsp3) is 0.385. The Balaban J connectivity index is 1.36. The number of fused-ring (bicyclic) bond motifs is 3. The lowest BCUT2D eigenvalue weighted by atomic mass is 9.73. The van der Waals surface area contributed by atoms with Crippen LogP contribution in [0.3, 0.4) is 0 Å². The van der Waals surface area contributed by atoms with Gasteiger partial charge in [-0.25, -0.2) is 18.2 Å². The molecule has 9 heteroatoms. The molecule has 1 N–H and O–H groups in total. The molecular weight excluding hydrogens is 455 g/mol. The molecule has 0 radical (unpaired) electrons. The van der Waals surface area contributed by atoms with Crippen LogP contribution in [0, 0.1) is 11.2 Å². The van der Waals surface area contributed by atoms with Crippen molar-refractivity contribution in [2.24, 2.45) is 5.41 Å². The average Bonchev–Trinajstić information content (AvgIpc) is 3.31. The van der Waals surface area contributed by atoms with Crippen LogP contribution in [0.25, 0.3) is 16.7 Å². The Morgan fingerprint density at radius 1 is 1.09 bits per heavy atom. The molecule has 35 heavy (non-hydrogen) atoms. The summed E-state index contributed by atoms with van der Waals surface area (Å²) in [5.41, 5.74) is 1.91. The van der Waals surface area contributed by atoms with Gasteiger partial charge in [0.25, 0.3) is 6.43 Å². The van der Waals surface area contributed by atoms with Gasteiger partial charge in [-0.2, -0.15) is 4.98 Å². The first kappa shape index (κ1) is 22.2. The summed E-state index contributed by atoms with van der Waals surface area (Å²) in [4.78, 5) is 11.4. The first-order chi connectivity index (χ1) is 16.9. The minimum atomic E-state index is -2.87. The maximum atomic E-state index is 14.8.